The largest absolute Gasteiger partial charge is 0.341 e. The third-order valence-electron chi connectivity index (χ3n) is 3.09. The number of aromatic amines is 1. The Labute approximate surface area is 115 Å². The zero-order valence-electron chi connectivity index (χ0n) is 10.6. The number of aldehydes is 1. The summed E-state index contributed by atoms with van der Waals surface area (Å²) in [5.41, 5.74) is 1.57. The standard InChI is InChI=1S/C16H12N2O2/c19-11-16(20)18(13-7-2-1-3-8-13)15-10-12-6-4-5-9-14(12)17-15/h1-11,17H. The van der Waals surface area contributed by atoms with E-state index in [-0.39, 0.29) is 0 Å². The van der Waals surface area contributed by atoms with Crippen LogP contribution >= 0.6 is 0 Å². The summed E-state index contributed by atoms with van der Waals surface area (Å²) in [6.07, 6.45) is 0.318. The average Bonchev–Trinajstić information content (AvgIpc) is 2.91. The molecule has 0 aliphatic heterocycles. The van der Waals surface area contributed by atoms with Crippen molar-refractivity contribution in [3.63, 3.8) is 0 Å². The summed E-state index contributed by atoms with van der Waals surface area (Å²) in [5, 5.41) is 0.988. The van der Waals surface area contributed by atoms with Gasteiger partial charge in [0.2, 0.25) is 6.29 Å². The molecule has 98 valence electrons. The van der Waals surface area contributed by atoms with Crippen LogP contribution in [0.4, 0.5) is 11.5 Å². The number of fused-ring (bicyclic) bond motifs is 1. The van der Waals surface area contributed by atoms with E-state index in [1.807, 2.05) is 48.5 Å². The van der Waals surface area contributed by atoms with Crippen LogP contribution in [-0.2, 0) is 9.59 Å². The van der Waals surface area contributed by atoms with Gasteiger partial charge in [-0.3, -0.25) is 14.5 Å². The van der Waals surface area contributed by atoms with Crippen molar-refractivity contribution in [2.24, 2.45) is 0 Å². The maximum atomic E-state index is 11.9. The van der Waals surface area contributed by atoms with Crippen LogP contribution < -0.4 is 4.90 Å². The average molecular weight is 264 g/mol. The number of hydrogen-bond acceptors (Lipinski definition) is 2. The van der Waals surface area contributed by atoms with Crippen LogP contribution in [0.25, 0.3) is 10.9 Å². The molecule has 0 atom stereocenters. The van der Waals surface area contributed by atoms with Gasteiger partial charge in [-0.2, -0.15) is 0 Å². The first kappa shape index (κ1) is 12.2. The number of para-hydroxylation sites is 2. The van der Waals surface area contributed by atoms with Crippen LogP contribution in [0.1, 0.15) is 0 Å². The molecule has 0 bridgehead atoms. The first-order chi connectivity index (χ1) is 9.79. The summed E-state index contributed by atoms with van der Waals surface area (Å²) < 4.78 is 0. The molecule has 0 aliphatic carbocycles. The molecule has 3 aromatic rings. The van der Waals surface area contributed by atoms with Gasteiger partial charge in [0, 0.05) is 10.9 Å². The van der Waals surface area contributed by atoms with Crippen LogP contribution in [0.15, 0.2) is 60.7 Å². The SMILES string of the molecule is O=CC(=O)N(c1ccccc1)c1cc2ccccc2[nH]1. The predicted octanol–water partition coefficient (Wildman–Crippen LogP) is 3.03. The first-order valence-electron chi connectivity index (χ1n) is 6.21. The van der Waals surface area contributed by atoms with Gasteiger partial charge in [0.15, 0.2) is 0 Å². The lowest BCUT2D eigenvalue weighted by molar-refractivity contribution is -0.129. The smallest absolute Gasteiger partial charge is 0.296 e. The number of carbonyl (C=O) groups is 2. The van der Waals surface area contributed by atoms with Crippen molar-refractivity contribution in [2.75, 3.05) is 4.90 Å². The molecule has 0 fully saturated rings. The molecule has 3 rings (SSSR count). The molecule has 4 heteroatoms. The van der Waals surface area contributed by atoms with E-state index in [9.17, 15) is 9.59 Å². The molecule has 0 aliphatic rings. The summed E-state index contributed by atoms with van der Waals surface area (Å²) in [6, 6.07) is 18.6. The maximum absolute atomic E-state index is 11.9. The van der Waals surface area contributed by atoms with E-state index >= 15 is 0 Å². The third kappa shape index (κ3) is 2.07. The topological polar surface area (TPSA) is 53.2 Å². The number of benzene rings is 2. The second kappa shape index (κ2) is 5.01. The van der Waals surface area contributed by atoms with E-state index in [1.165, 1.54) is 4.90 Å². The summed E-state index contributed by atoms with van der Waals surface area (Å²) in [6.45, 7) is 0. The van der Waals surface area contributed by atoms with Crippen LogP contribution in [-0.4, -0.2) is 17.2 Å². The van der Waals surface area contributed by atoms with Gasteiger partial charge in [-0.25, -0.2) is 0 Å². The minimum absolute atomic E-state index is 0.318. The molecule has 4 nitrogen and oxygen atoms in total. The summed E-state index contributed by atoms with van der Waals surface area (Å²) in [4.78, 5) is 27.4. The Balaban J connectivity index is 2.14. The fraction of sp³-hybridized carbons (Fsp3) is 0. The molecular weight excluding hydrogens is 252 g/mol. The Bertz CT molecular complexity index is 729. The molecule has 1 amide bonds. The number of aromatic nitrogens is 1. The van der Waals surface area contributed by atoms with Gasteiger partial charge >= 0.3 is 0 Å². The normalized spacial score (nSPS) is 10.4. The van der Waals surface area contributed by atoms with Gasteiger partial charge in [-0.05, 0) is 24.3 Å². The van der Waals surface area contributed by atoms with Crippen LogP contribution in [0.5, 0.6) is 0 Å². The van der Waals surface area contributed by atoms with Crippen molar-refractivity contribution >= 4 is 34.6 Å². The lowest BCUT2D eigenvalue weighted by Gasteiger charge is -2.18. The molecule has 1 N–H and O–H groups in total. The highest BCUT2D eigenvalue weighted by Crippen LogP contribution is 2.27. The van der Waals surface area contributed by atoms with E-state index in [0.29, 0.717) is 17.8 Å². The number of nitrogens with zero attached hydrogens (tertiary/aromatic N) is 1. The molecule has 2 aromatic carbocycles. The third-order valence-corrected chi connectivity index (χ3v) is 3.09. The van der Waals surface area contributed by atoms with Crippen LogP contribution in [0, 0.1) is 0 Å². The van der Waals surface area contributed by atoms with Gasteiger partial charge in [-0.1, -0.05) is 36.4 Å². The molecule has 1 aromatic heterocycles. The Morgan fingerprint density at radius 1 is 1.00 bits per heavy atom. The van der Waals surface area contributed by atoms with Crippen molar-refractivity contribution in [3.05, 3.63) is 60.7 Å². The summed E-state index contributed by atoms with van der Waals surface area (Å²) >= 11 is 0. The quantitative estimate of drug-likeness (QED) is 0.584. The highest BCUT2D eigenvalue weighted by molar-refractivity contribution is 6.32. The maximum Gasteiger partial charge on any atom is 0.296 e. The number of hydrogen-bond donors (Lipinski definition) is 1. The second-order valence-corrected chi connectivity index (χ2v) is 4.37. The molecule has 0 radical (unpaired) electrons. The second-order valence-electron chi connectivity index (χ2n) is 4.37. The molecule has 0 unspecified atom stereocenters. The van der Waals surface area contributed by atoms with Gasteiger partial charge in [0.05, 0.1) is 5.69 Å². The predicted molar refractivity (Wildman–Crippen MR) is 78.0 cm³/mol. The summed E-state index contributed by atoms with van der Waals surface area (Å²) in [5.74, 6) is -0.0303. The van der Waals surface area contributed by atoms with Gasteiger partial charge < -0.3 is 4.98 Å². The minimum Gasteiger partial charge on any atom is -0.341 e. The highest BCUT2D eigenvalue weighted by Gasteiger charge is 2.18. The van der Waals surface area contributed by atoms with E-state index < -0.39 is 5.91 Å². The highest BCUT2D eigenvalue weighted by atomic mass is 16.2. The Hall–Kier alpha value is -2.88. The van der Waals surface area contributed by atoms with Crippen LogP contribution in [0.2, 0.25) is 0 Å². The van der Waals surface area contributed by atoms with Crippen molar-refractivity contribution in [1.29, 1.82) is 0 Å². The first-order valence-corrected chi connectivity index (χ1v) is 6.21. The molecule has 1 heterocycles. The van der Waals surface area contributed by atoms with Crippen molar-refractivity contribution < 1.29 is 9.59 Å². The molecular formula is C16H12N2O2. The van der Waals surface area contributed by atoms with Crippen molar-refractivity contribution in [3.8, 4) is 0 Å². The van der Waals surface area contributed by atoms with E-state index in [4.69, 9.17) is 0 Å². The van der Waals surface area contributed by atoms with E-state index in [2.05, 4.69) is 4.98 Å². The molecule has 0 saturated carbocycles. The Kier molecular flexibility index (Phi) is 3.05. The molecule has 0 spiro atoms. The van der Waals surface area contributed by atoms with Crippen molar-refractivity contribution in [2.45, 2.75) is 0 Å². The Morgan fingerprint density at radius 2 is 1.70 bits per heavy atom. The number of amides is 1. The lowest BCUT2D eigenvalue weighted by Crippen LogP contribution is -2.26. The number of rotatable bonds is 3. The summed E-state index contributed by atoms with van der Waals surface area (Å²) in [7, 11) is 0. The fourth-order valence-electron chi connectivity index (χ4n) is 2.19. The van der Waals surface area contributed by atoms with Crippen LogP contribution in [0.3, 0.4) is 0 Å². The minimum atomic E-state index is -0.609. The lowest BCUT2D eigenvalue weighted by atomic mass is 10.2. The Morgan fingerprint density at radius 3 is 2.40 bits per heavy atom. The van der Waals surface area contributed by atoms with Gasteiger partial charge in [0.25, 0.3) is 5.91 Å². The fourth-order valence-corrected chi connectivity index (χ4v) is 2.19. The number of anilines is 2. The molecule has 20 heavy (non-hydrogen) atoms. The van der Waals surface area contributed by atoms with E-state index in [1.54, 1.807) is 12.1 Å². The molecule has 0 saturated heterocycles. The van der Waals surface area contributed by atoms with Gasteiger partial charge in [0.1, 0.15) is 5.82 Å². The van der Waals surface area contributed by atoms with E-state index in [0.717, 1.165) is 10.9 Å². The number of carbonyl (C=O) groups excluding carboxylic acids is 2. The monoisotopic (exact) mass is 264 g/mol. The zero-order chi connectivity index (χ0) is 13.9. The zero-order valence-corrected chi connectivity index (χ0v) is 10.6. The number of H-pyrrole nitrogens is 1. The van der Waals surface area contributed by atoms with Crippen molar-refractivity contribution in [1.82, 2.24) is 4.98 Å². The number of nitrogens with one attached hydrogen (secondary N) is 1. The van der Waals surface area contributed by atoms with Gasteiger partial charge in [-0.15, -0.1) is 0 Å².